The molecular weight excluding hydrogens is 1250 g/mol. The Bertz CT molecular complexity index is 3720. The fraction of sp³-hybridized carbons (Fsp3) is 0.320. The molecular formula is C50H60N20O21S. The fourth-order valence-electron chi connectivity index (χ4n) is 6.75. The lowest BCUT2D eigenvalue weighted by Gasteiger charge is -2.06. The number of H-pyrrole nitrogens is 1. The first kappa shape index (κ1) is 69.6. The largest absolute Gasteiger partial charge is 0.522 e. The molecule has 4 saturated heterocycles. The summed E-state index contributed by atoms with van der Waals surface area (Å²) in [4.78, 5) is 78.8. The van der Waals surface area contributed by atoms with E-state index < -0.39 is 48.2 Å². The van der Waals surface area contributed by atoms with Crippen LogP contribution >= 0.6 is 0 Å². The maximum atomic E-state index is 11.6. The molecule has 8 aromatic rings. The Morgan fingerprint density at radius 1 is 0.663 bits per heavy atom. The monoisotopic (exact) mass is 1310 g/mol. The highest BCUT2D eigenvalue weighted by atomic mass is 32.2. The number of benzene rings is 1. The molecule has 2 amide bonds. The van der Waals surface area contributed by atoms with E-state index >= 15 is 0 Å². The van der Waals surface area contributed by atoms with E-state index in [1.54, 1.807) is 83.8 Å². The molecule has 492 valence electrons. The molecule has 1 aromatic carbocycles. The lowest BCUT2D eigenvalue weighted by atomic mass is 10.2. The maximum absolute atomic E-state index is 11.6. The number of amides is 2. The van der Waals surface area contributed by atoms with Crippen molar-refractivity contribution in [2.45, 2.75) is 68.5 Å². The van der Waals surface area contributed by atoms with Crippen LogP contribution in [0.25, 0.3) is 0 Å². The van der Waals surface area contributed by atoms with E-state index in [1.807, 2.05) is 6.92 Å². The summed E-state index contributed by atoms with van der Waals surface area (Å²) < 4.78 is 63.1. The van der Waals surface area contributed by atoms with Crippen molar-refractivity contribution in [3.8, 4) is 11.8 Å². The van der Waals surface area contributed by atoms with Crippen molar-refractivity contribution in [3.63, 3.8) is 0 Å². The Balaban J connectivity index is 0.000000198. The molecule has 8 N–H and O–H groups in total. The zero-order valence-corrected chi connectivity index (χ0v) is 48.9. The fourth-order valence-corrected chi connectivity index (χ4v) is 7.68. The number of aryl methyl sites for hydroxylation is 1. The van der Waals surface area contributed by atoms with Crippen molar-refractivity contribution in [3.05, 3.63) is 180 Å². The van der Waals surface area contributed by atoms with E-state index in [1.165, 1.54) is 69.3 Å². The van der Waals surface area contributed by atoms with E-state index in [0.29, 0.717) is 45.1 Å². The number of nitrogens with one attached hydrogen (secondary N) is 3. The molecule has 0 saturated carbocycles. The molecule has 4 aliphatic heterocycles. The second kappa shape index (κ2) is 34.9. The number of rotatable bonds is 19. The van der Waals surface area contributed by atoms with Gasteiger partial charge in [0.05, 0.1) is 128 Å². The number of nitrogen functional groups attached to an aromatic ring is 1. The van der Waals surface area contributed by atoms with Gasteiger partial charge in [-0.25, -0.2) is 24.4 Å². The molecule has 5 atom stereocenters. The van der Waals surface area contributed by atoms with Crippen LogP contribution in [0, 0.1) is 47.4 Å². The van der Waals surface area contributed by atoms with Gasteiger partial charge >= 0.3 is 41.6 Å². The van der Waals surface area contributed by atoms with Crippen LogP contribution < -0.4 is 31.6 Å². The summed E-state index contributed by atoms with van der Waals surface area (Å²) in [6.07, 6.45) is 7.86. The molecule has 0 aliphatic carbocycles. The third-order valence-electron chi connectivity index (χ3n) is 11.3. The van der Waals surface area contributed by atoms with Gasteiger partial charge in [0.2, 0.25) is 11.8 Å². The summed E-state index contributed by atoms with van der Waals surface area (Å²) in [5, 5.41) is 75.3. The number of pyridine rings is 2. The molecule has 0 spiro atoms. The van der Waals surface area contributed by atoms with Crippen molar-refractivity contribution in [1.82, 2.24) is 69.9 Å². The van der Waals surface area contributed by atoms with Gasteiger partial charge in [0.25, 0.3) is 10.1 Å². The first-order chi connectivity index (χ1) is 44.0. The van der Waals surface area contributed by atoms with Crippen LogP contribution in [0.1, 0.15) is 6.99 Å². The number of epoxide rings is 2. The van der Waals surface area contributed by atoms with E-state index in [2.05, 4.69) is 51.2 Å². The molecule has 92 heavy (non-hydrogen) atoms. The van der Waals surface area contributed by atoms with E-state index in [0.717, 1.165) is 12.2 Å². The number of hydrogen-bond acceptors (Lipinski definition) is 30. The summed E-state index contributed by atoms with van der Waals surface area (Å²) >= 11 is 0. The number of cyclic esters (lactones) is 2. The summed E-state index contributed by atoms with van der Waals surface area (Å²) in [5.74, 6) is 0.196. The van der Waals surface area contributed by atoms with Gasteiger partial charge in [-0.2, -0.15) is 27.6 Å². The Hall–Kier alpha value is -11.5. The first-order valence-electron chi connectivity index (χ1n) is 26.6. The Kier molecular flexibility index (Phi) is 26.4. The number of nitro groups is 4. The molecule has 4 unspecified atom stereocenters. The van der Waals surface area contributed by atoms with Crippen LogP contribution in [0.3, 0.4) is 0 Å². The molecule has 0 bridgehead atoms. The average Bonchev–Trinajstić information content (AvgIpc) is 2.05. The highest BCUT2D eigenvalue weighted by molar-refractivity contribution is 7.86. The van der Waals surface area contributed by atoms with Crippen molar-refractivity contribution < 1.29 is 81.6 Å². The second-order valence-electron chi connectivity index (χ2n) is 18.6. The summed E-state index contributed by atoms with van der Waals surface area (Å²) in [7, 11) is -3.61. The zero-order chi connectivity index (χ0) is 66.6. The van der Waals surface area contributed by atoms with Gasteiger partial charge in [-0.05, 0) is 56.9 Å². The SMILES string of the molecule is Cc1ccc(S(=O)(=O)OC[C@@H]2CO2)cc1.NCC(O)Cn1ccc([N+](=O)[O-])n1.Nc1ccn(CC2CNC(=O)O2)n1.O=C(Oc1ccccn1)Oc1ccccn1.O=C1NCC(Cn2ccc([N+](=O)[O-])n2)O1.O=[N+]([O-])c1ccn(CC2CO2)n1.O=[N+]([O-])c1ccn[nH]1.[HH]. The summed E-state index contributed by atoms with van der Waals surface area (Å²) in [6, 6.07) is 23.4. The smallest absolute Gasteiger partial charge is 0.442 e. The molecule has 41 nitrogen and oxygen atoms in total. The maximum Gasteiger partial charge on any atom is 0.522 e. The van der Waals surface area contributed by atoms with Crippen LogP contribution in [0.5, 0.6) is 11.8 Å². The number of carbonyl (C=O) groups is 3. The molecule has 4 aliphatic rings. The predicted molar refractivity (Wildman–Crippen MR) is 311 cm³/mol. The van der Waals surface area contributed by atoms with Gasteiger partial charge in [0.15, 0.2) is 0 Å². The quantitative estimate of drug-likeness (QED) is 0.0223. The molecule has 42 heteroatoms. The normalized spacial score (nSPS) is 16.5. The van der Waals surface area contributed by atoms with Gasteiger partial charge in [-0.15, -0.1) is 5.10 Å². The van der Waals surface area contributed by atoms with Crippen LogP contribution in [-0.2, 0) is 59.4 Å². The van der Waals surface area contributed by atoms with E-state index in [9.17, 15) is 63.3 Å². The number of carbonyl (C=O) groups excluding carboxylic acids is 3. The number of nitrogens with zero attached hydrogens (tertiary/aromatic N) is 15. The number of nitrogens with two attached hydrogens (primary N) is 2. The minimum atomic E-state index is -3.61. The third kappa shape index (κ3) is 25.7. The summed E-state index contributed by atoms with van der Waals surface area (Å²) in [6.45, 7) is 5.97. The van der Waals surface area contributed by atoms with Crippen LogP contribution in [0.2, 0.25) is 0 Å². The van der Waals surface area contributed by atoms with Gasteiger partial charge in [-0.3, -0.25) is 8.86 Å². The number of aliphatic hydroxyl groups excluding tert-OH is 1. The molecule has 4 fully saturated rings. The lowest BCUT2D eigenvalue weighted by Crippen LogP contribution is -2.25. The number of hydrogen-bond donors (Lipinski definition) is 6. The lowest BCUT2D eigenvalue weighted by molar-refractivity contribution is -0.390. The van der Waals surface area contributed by atoms with Crippen LogP contribution in [0.4, 0.5) is 43.5 Å². The minimum Gasteiger partial charge on any atom is -0.442 e. The minimum absolute atomic E-state index is 0. The molecule has 7 aromatic heterocycles. The van der Waals surface area contributed by atoms with Crippen molar-refractivity contribution in [1.29, 1.82) is 0 Å². The molecule has 0 radical (unpaired) electrons. The highest BCUT2D eigenvalue weighted by Crippen LogP contribution is 2.18. The van der Waals surface area contributed by atoms with E-state index in [4.69, 9.17) is 49.2 Å². The number of ether oxygens (including phenoxy) is 6. The molecule has 11 heterocycles. The van der Waals surface area contributed by atoms with Gasteiger partial charge < -0.3 is 96.1 Å². The third-order valence-corrected chi connectivity index (χ3v) is 12.6. The number of alkyl carbamates (subject to hydrolysis) is 2. The van der Waals surface area contributed by atoms with Crippen molar-refractivity contribution in [2.75, 3.05) is 45.2 Å². The van der Waals surface area contributed by atoms with Crippen LogP contribution in [0.15, 0.2) is 139 Å². The predicted octanol–water partition coefficient (Wildman–Crippen LogP) is 2.49. The Labute approximate surface area is 519 Å². The van der Waals surface area contributed by atoms with Crippen molar-refractivity contribution in [2.24, 2.45) is 5.73 Å². The number of aliphatic hydroxyl groups is 1. The zero-order valence-electron chi connectivity index (χ0n) is 48.0. The number of aromatic amines is 1. The van der Waals surface area contributed by atoms with E-state index in [-0.39, 0.29) is 91.6 Å². The Morgan fingerprint density at radius 2 is 1.13 bits per heavy atom. The van der Waals surface area contributed by atoms with Gasteiger partial charge in [0.1, 0.15) is 36.8 Å². The number of anilines is 1. The van der Waals surface area contributed by atoms with Crippen LogP contribution in [-0.4, -0.2) is 181 Å². The molecule has 12 rings (SSSR count). The van der Waals surface area contributed by atoms with Crippen molar-refractivity contribution >= 4 is 57.5 Å². The Morgan fingerprint density at radius 3 is 1.50 bits per heavy atom. The van der Waals surface area contributed by atoms with Gasteiger partial charge in [0, 0.05) is 38.7 Å². The first-order valence-corrected chi connectivity index (χ1v) is 28.1. The van der Waals surface area contributed by atoms with Gasteiger partial charge in [-0.1, -0.05) is 34.9 Å². The average molecular weight is 1310 g/mol. The number of aromatic nitrogens is 12. The topological polar surface area (TPSA) is 551 Å². The standard InChI is InChI=1S/C11H8N2O3.C10H12O4S.C7H8N4O4.C7H10N4O2.C6H10N4O3.C6H7N3O3.C3H3N3O2.H2/c14-11(15-9-5-1-3-7-12-9)16-10-6-2-4-8-13-10;1-8-2-4-10(5-3-8)15(11,12)14-7-9-6-13-9;12-7-8-3-5(15-7)4-10-2-1-6(9-10)11(13)14;8-6-1-2-11(10-6)4-5-3-9-7(12)13-5;7-3-5(11)4-9-2-1-6(8-9)10(12)13;10-9(11)6-1-2-8(7-6)3-5-4-12-5;7-6(8)3-1-2-4-5-3;/h1-8H;2-5,9H,6-7H2,1H3;1-2,5H,3-4H2,(H,8,12);1-2,5H,3-4H2,(H2,8,10)(H,9,12);1-2,5,11H,3-4,7H2;1-2,5H,3-4H2;1-2H,(H,4,5);1H/t;9-;;;;;;/m.0....../s1. The summed E-state index contributed by atoms with van der Waals surface area (Å²) in [5.41, 5.74) is 11.6. The highest BCUT2D eigenvalue weighted by Gasteiger charge is 2.28. The second-order valence-corrected chi connectivity index (χ2v) is 20.2.